The lowest BCUT2D eigenvalue weighted by molar-refractivity contribution is -0.137. The Bertz CT molecular complexity index is 952. The van der Waals surface area contributed by atoms with E-state index in [1.807, 2.05) is 6.07 Å². The number of nitrogens with zero attached hydrogens (tertiary/aromatic N) is 1. The Kier molecular flexibility index (Phi) is 10.1. The van der Waals surface area contributed by atoms with E-state index in [-0.39, 0.29) is 30.6 Å². The fourth-order valence-corrected chi connectivity index (χ4v) is 5.80. The van der Waals surface area contributed by atoms with Crippen molar-refractivity contribution in [2.45, 2.75) is 82.6 Å². The predicted octanol–water partition coefficient (Wildman–Crippen LogP) is 5.60. The molecule has 1 saturated carbocycles. The molecule has 5 heteroatoms. The Hall–Kier alpha value is -2.47. The van der Waals surface area contributed by atoms with Crippen molar-refractivity contribution in [3.8, 4) is 0 Å². The van der Waals surface area contributed by atoms with Crippen LogP contribution in [0.2, 0.25) is 0 Å². The molecule has 194 valence electrons. The number of piperidine rings is 1. The second-order valence-corrected chi connectivity index (χ2v) is 10.4. The summed E-state index contributed by atoms with van der Waals surface area (Å²) in [6, 6.07) is 19.3. The molecule has 4 atom stereocenters. The van der Waals surface area contributed by atoms with Crippen LogP contribution in [-0.2, 0) is 22.6 Å². The normalized spacial score (nSPS) is 24.9. The van der Waals surface area contributed by atoms with Crippen molar-refractivity contribution < 1.29 is 19.7 Å². The molecule has 2 aromatic carbocycles. The van der Waals surface area contributed by atoms with Gasteiger partial charge in [-0.05, 0) is 68.3 Å². The first-order valence-electron chi connectivity index (χ1n) is 13.6. The van der Waals surface area contributed by atoms with Crippen LogP contribution in [-0.4, -0.2) is 52.4 Å². The lowest BCUT2D eigenvalue weighted by Crippen LogP contribution is -2.47. The predicted molar refractivity (Wildman–Crippen MR) is 143 cm³/mol. The first kappa shape index (κ1) is 26.6. The molecule has 0 spiro atoms. The van der Waals surface area contributed by atoms with Crippen molar-refractivity contribution in [2.75, 3.05) is 13.1 Å². The van der Waals surface area contributed by atoms with E-state index in [4.69, 9.17) is 9.84 Å². The number of carboxylic acids is 1. The van der Waals surface area contributed by atoms with E-state index in [1.54, 1.807) is 0 Å². The summed E-state index contributed by atoms with van der Waals surface area (Å²) in [5.41, 5.74) is 3.76. The first-order chi connectivity index (χ1) is 17.6. The highest BCUT2D eigenvalue weighted by Gasteiger charge is 2.45. The summed E-state index contributed by atoms with van der Waals surface area (Å²) in [6.45, 7) is 2.65. The summed E-state index contributed by atoms with van der Waals surface area (Å²) in [5, 5.41) is 19.9. The monoisotopic (exact) mass is 491 g/mol. The van der Waals surface area contributed by atoms with Gasteiger partial charge in [-0.3, -0.25) is 9.69 Å². The van der Waals surface area contributed by atoms with Crippen LogP contribution < -0.4 is 0 Å². The quantitative estimate of drug-likeness (QED) is 0.299. The smallest absolute Gasteiger partial charge is 0.303 e. The summed E-state index contributed by atoms with van der Waals surface area (Å²) in [4.78, 5) is 13.2. The minimum Gasteiger partial charge on any atom is -0.481 e. The van der Waals surface area contributed by atoms with E-state index in [1.165, 1.54) is 30.4 Å². The molecule has 0 unspecified atom stereocenters. The number of aliphatic hydroxyl groups excluding tert-OH is 1. The third-order valence-corrected chi connectivity index (χ3v) is 7.67. The minimum absolute atomic E-state index is 0.0135. The number of rotatable bonds is 12. The van der Waals surface area contributed by atoms with Gasteiger partial charge in [0.15, 0.2) is 0 Å². The zero-order chi connectivity index (χ0) is 25.2. The molecule has 36 heavy (non-hydrogen) atoms. The van der Waals surface area contributed by atoms with Crippen LogP contribution in [0.3, 0.4) is 0 Å². The lowest BCUT2D eigenvalue weighted by atomic mass is 9.93. The maximum atomic E-state index is 11.0. The summed E-state index contributed by atoms with van der Waals surface area (Å²) < 4.78 is 6.46. The van der Waals surface area contributed by atoms with Gasteiger partial charge in [-0.2, -0.15) is 0 Å². The van der Waals surface area contributed by atoms with Crippen LogP contribution in [0.15, 0.2) is 66.7 Å². The molecular formula is C31H41NO4. The number of likely N-dealkylation sites (tertiary alicyclic amines) is 1. The Morgan fingerprint density at radius 3 is 2.36 bits per heavy atom. The molecule has 2 aliphatic rings. The Labute approximate surface area is 215 Å². The molecule has 0 bridgehead atoms. The summed E-state index contributed by atoms with van der Waals surface area (Å²) in [5.74, 6) is -0.500. The van der Waals surface area contributed by atoms with Gasteiger partial charge in [-0.1, -0.05) is 73.2 Å². The van der Waals surface area contributed by atoms with Gasteiger partial charge >= 0.3 is 5.97 Å². The van der Waals surface area contributed by atoms with Gasteiger partial charge in [0.05, 0.1) is 18.8 Å². The van der Waals surface area contributed by atoms with Crippen molar-refractivity contribution in [1.82, 2.24) is 4.90 Å². The van der Waals surface area contributed by atoms with Gasteiger partial charge in [-0.15, -0.1) is 0 Å². The highest BCUT2D eigenvalue weighted by atomic mass is 16.5. The fourth-order valence-electron chi connectivity index (χ4n) is 5.80. The molecule has 0 amide bonds. The number of aliphatic carboxylic acids is 1. The number of benzene rings is 2. The summed E-state index contributed by atoms with van der Waals surface area (Å²) in [6.07, 6.45) is 11.7. The summed E-state index contributed by atoms with van der Waals surface area (Å²) in [7, 11) is 0. The van der Waals surface area contributed by atoms with Gasteiger partial charge in [-0.25, -0.2) is 0 Å². The molecule has 0 radical (unpaired) electrons. The van der Waals surface area contributed by atoms with Crippen molar-refractivity contribution >= 4 is 5.97 Å². The van der Waals surface area contributed by atoms with Crippen LogP contribution in [0.25, 0.3) is 0 Å². The number of carboxylic acid groups (broad SMARTS) is 1. The molecule has 4 rings (SSSR count). The highest BCUT2D eigenvalue weighted by molar-refractivity contribution is 5.66. The molecule has 0 aromatic heterocycles. The SMILES string of the molecule is O=C(O)CCC/C=C\C[C@@H]1[C@@H](N2CCCCC2)[C@H](O)C[C@@H]1OCc1ccc(Cc2ccccc2)cc1. The molecule has 2 aromatic rings. The topological polar surface area (TPSA) is 70.0 Å². The zero-order valence-electron chi connectivity index (χ0n) is 21.3. The van der Waals surface area contributed by atoms with Crippen LogP contribution in [0.1, 0.15) is 68.1 Å². The first-order valence-corrected chi connectivity index (χ1v) is 13.6. The van der Waals surface area contributed by atoms with Gasteiger partial charge in [0.2, 0.25) is 0 Å². The second-order valence-electron chi connectivity index (χ2n) is 10.4. The largest absolute Gasteiger partial charge is 0.481 e. The van der Waals surface area contributed by atoms with Crippen LogP contribution in [0, 0.1) is 5.92 Å². The lowest BCUT2D eigenvalue weighted by Gasteiger charge is -2.37. The van der Waals surface area contributed by atoms with Crippen molar-refractivity contribution in [2.24, 2.45) is 5.92 Å². The van der Waals surface area contributed by atoms with Gasteiger partial charge in [0.1, 0.15) is 0 Å². The molecule has 5 nitrogen and oxygen atoms in total. The van der Waals surface area contributed by atoms with E-state index in [2.05, 4.69) is 65.6 Å². The average molecular weight is 492 g/mol. The molecule has 1 aliphatic heterocycles. The maximum Gasteiger partial charge on any atom is 0.303 e. The molecule has 2 fully saturated rings. The Balaban J connectivity index is 1.35. The summed E-state index contributed by atoms with van der Waals surface area (Å²) >= 11 is 0. The average Bonchev–Trinajstić information content (AvgIpc) is 3.21. The fraction of sp³-hybridized carbons (Fsp3) is 0.516. The van der Waals surface area contributed by atoms with E-state index < -0.39 is 5.97 Å². The Morgan fingerprint density at radius 1 is 0.944 bits per heavy atom. The number of hydrogen-bond acceptors (Lipinski definition) is 4. The van der Waals surface area contributed by atoms with Crippen molar-refractivity contribution in [3.05, 3.63) is 83.4 Å². The standard InChI is InChI=1S/C31H41NO4/c33-28-22-29(36-23-26-17-15-25(16-18-26)21-24-11-5-3-6-12-24)27(13-7-1-2-8-14-30(34)35)31(28)32-19-9-4-10-20-32/h1,3,5-7,11-12,15-18,27-29,31,33H,2,4,8-10,13-14,19-23H2,(H,34,35)/b7-1-/t27-,28+,29-,31+/m0/s1. The zero-order valence-corrected chi connectivity index (χ0v) is 21.3. The molecule has 1 aliphatic carbocycles. The maximum absolute atomic E-state index is 11.0. The van der Waals surface area contributed by atoms with Crippen LogP contribution in [0.5, 0.6) is 0 Å². The van der Waals surface area contributed by atoms with Gasteiger partial charge in [0.25, 0.3) is 0 Å². The number of unbranched alkanes of at least 4 members (excludes halogenated alkanes) is 1. The number of carbonyl (C=O) groups is 1. The molecular weight excluding hydrogens is 450 g/mol. The molecule has 2 N–H and O–H groups in total. The second kappa shape index (κ2) is 13.7. The minimum atomic E-state index is -0.742. The number of aliphatic hydroxyl groups is 1. The van der Waals surface area contributed by atoms with E-state index >= 15 is 0 Å². The van der Waals surface area contributed by atoms with Crippen LogP contribution in [0.4, 0.5) is 0 Å². The highest BCUT2D eigenvalue weighted by Crippen LogP contribution is 2.37. The number of allylic oxidation sites excluding steroid dienone is 2. The van der Waals surface area contributed by atoms with E-state index in [0.717, 1.165) is 37.9 Å². The van der Waals surface area contributed by atoms with Gasteiger partial charge in [0, 0.05) is 24.8 Å². The third kappa shape index (κ3) is 7.76. The molecule has 1 heterocycles. The van der Waals surface area contributed by atoms with Crippen molar-refractivity contribution in [3.63, 3.8) is 0 Å². The number of hydrogen-bond donors (Lipinski definition) is 2. The van der Waals surface area contributed by atoms with Crippen LogP contribution >= 0.6 is 0 Å². The molecule has 1 saturated heterocycles. The Morgan fingerprint density at radius 2 is 1.64 bits per heavy atom. The van der Waals surface area contributed by atoms with E-state index in [9.17, 15) is 9.90 Å². The van der Waals surface area contributed by atoms with Gasteiger partial charge < -0.3 is 14.9 Å². The van der Waals surface area contributed by atoms with E-state index in [0.29, 0.717) is 19.4 Å². The number of ether oxygens (including phenoxy) is 1. The van der Waals surface area contributed by atoms with Crippen molar-refractivity contribution in [1.29, 1.82) is 0 Å². The third-order valence-electron chi connectivity index (χ3n) is 7.67.